The van der Waals surface area contributed by atoms with Gasteiger partial charge in [0, 0.05) is 6.42 Å². The van der Waals surface area contributed by atoms with Crippen LogP contribution in [-0.4, -0.2) is 25.7 Å². The van der Waals surface area contributed by atoms with E-state index in [0.717, 1.165) is 12.0 Å². The second-order valence-corrected chi connectivity index (χ2v) is 7.77. The first-order valence-corrected chi connectivity index (χ1v) is 8.85. The lowest BCUT2D eigenvalue weighted by Crippen LogP contribution is -2.26. The third-order valence-corrected chi connectivity index (χ3v) is 4.75. The molecule has 0 bridgehead atoms. The van der Waals surface area contributed by atoms with E-state index >= 15 is 0 Å². The van der Waals surface area contributed by atoms with Crippen molar-refractivity contribution in [1.82, 2.24) is 0 Å². The van der Waals surface area contributed by atoms with E-state index in [2.05, 4.69) is 6.08 Å². The van der Waals surface area contributed by atoms with Gasteiger partial charge in [-0.1, -0.05) is 29.3 Å². The molecule has 1 aromatic carbocycles. The standard InChI is InChI=1S/C17H26O4S/c1-14(2)6-5-11-17(4,18)12-13-21-22(19,20)16-9-7-15(3)8-10-16/h6-10,18H,5,11-13H2,1-4H3/t17-/m1/s1. The first kappa shape index (κ1) is 18.9. The molecule has 0 heterocycles. The van der Waals surface area contributed by atoms with Crippen molar-refractivity contribution in [2.45, 2.75) is 57.5 Å². The van der Waals surface area contributed by atoms with Crippen LogP contribution < -0.4 is 0 Å². The Morgan fingerprint density at radius 3 is 2.36 bits per heavy atom. The molecule has 0 unspecified atom stereocenters. The predicted octanol–water partition coefficient (Wildman–Crippen LogP) is 3.59. The molecule has 0 aliphatic heterocycles. The van der Waals surface area contributed by atoms with Crippen molar-refractivity contribution >= 4 is 10.1 Å². The molecule has 0 spiro atoms. The fourth-order valence-electron chi connectivity index (χ4n) is 1.94. The van der Waals surface area contributed by atoms with Crippen molar-refractivity contribution < 1.29 is 17.7 Å². The molecule has 124 valence electrons. The Labute approximate surface area is 133 Å². The van der Waals surface area contributed by atoms with Gasteiger partial charge in [-0.2, -0.15) is 8.42 Å². The number of hydrogen-bond donors (Lipinski definition) is 1. The summed E-state index contributed by atoms with van der Waals surface area (Å²) in [6.07, 6.45) is 3.67. The molecule has 0 radical (unpaired) electrons. The molecule has 22 heavy (non-hydrogen) atoms. The smallest absolute Gasteiger partial charge is 0.296 e. The van der Waals surface area contributed by atoms with Crippen LogP contribution >= 0.6 is 0 Å². The van der Waals surface area contributed by atoms with E-state index in [1.807, 2.05) is 20.8 Å². The minimum atomic E-state index is -3.76. The quantitative estimate of drug-likeness (QED) is 0.586. The molecule has 4 nitrogen and oxygen atoms in total. The van der Waals surface area contributed by atoms with Gasteiger partial charge in [0.2, 0.25) is 0 Å². The molecule has 0 amide bonds. The highest BCUT2D eigenvalue weighted by molar-refractivity contribution is 7.86. The van der Waals surface area contributed by atoms with Crippen molar-refractivity contribution in [2.24, 2.45) is 0 Å². The molecule has 0 fully saturated rings. The van der Waals surface area contributed by atoms with E-state index in [0.29, 0.717) is 6.42 Å². The van der Waals surface area contributed by atoms with Crippen LogP contribution in [0, 0.1) is 6.92 Å². The molecular formula is C17H26O4S. The normalized spacial score (nSPS) is 14.4. The van der Waals surface area contributed by atoms with Crippen LogP contribution in [0.15, 0.2) is 40.8 Å². The number of aliphatic hydroxyl groups is 1. The fraction of sp³-hybridized carbons (Fsp3) is 0.529. The summed E-state index contributed by atoms with van der Waals surface area (Å²) in [7, 11) is -3.76. The van der Waals surface area contributed by atoms with Crippen molar-refractivity contribution in [1.29, 1.82) is 0 Å². The maximum Gasteiger partial charge on any atom is 0.296 e. The van der Waals surface area contributed by atoms with Crippen molar-refractivity contribution in [3.8, 4) is 0 Å². The van der Waals surface area contributed by atoms with E-state index in [1.54, 1.807) is 19.1 Å². The first-order chi connectivity index (χ1) is 10.1. The lowest BCUT2D eigenvalue weighted by atomic mass is 9.96. The van der Waals surface area contributed by atoms with E-state index in [1.165, 1.54) is 17.7 Å². The minimum absolute atomic E-state index is 0.0297. The molecule has 1 N–H and O–H groups in total. The number of hydrogen-bond acceptors (Lipinski definition) is 4. The zero-order chi connectivity index (χ0) is 16.8. The lowest BCUT2D eigenvalue weighted by Gasteiger charge is -2.22. The summed E-state index contributed by atoms with van der Waals surface area (Å²) < 4.78 is 29.1. The monoisotopic (exact) mass is 326 g/mol. The zero-order valence-electron chi connectivity index (χ0n) is 13.8. The molecule has 0 aliphatic rings. The summed E-state index contributed by atoms with van der Waals surface area (Å²) in [5.74, 6) is 0. The van der Waals surface area contributed by atoms with Gasteiger partial charge in [0.15, 0.2) is 0 Å². The van der Waals surface area contributed by atoms with Crippen molar-refractivity contribution in [3.63, 3.8) is 0 Å². The summed E-state index contributed by atoms with van der Waals surface area (Å²) in [6.45, 7) is 7.57. The van der Waals surface area contributed by atoms with E-state index in [9.17, 15) is 13.5 Å². The minimum Gasteiger partial charge on any atom is -0.390 e. The molecule has 1 rings (SSSR count). The maximum atomic E-state index is 12.0. The number of rotatable bonds is 8. The van der Waals surface area contributed by atoms with Crippen LogP contribution in [-0.2, 0) is 14.3 Å². The van der Waals surface area contributed by atoms with Crippen molar-refractivity contribution in [2.75, 3.05) is 6.61 Å². The summed E-state index contributed by atoms with van der Waals surface area (Å²) in [6, 6.07) is 6.51. The molecule has 0 aromatic heterocycles. The number of aryl methyl sites for hydroxylation is 1. The van der Waals surface area contributed by atoms with Gasteiger partial charge in [-0.05, 0) is 52.7 Å². The Hall–Kier alpha value is -1.17. The highest BCUT2D eigenvalue weighted by Gasteiger charge is 2.22. The van der Waals surface area contributed by atoms with Crippen LogP contribution in [0.3, 0.4) is 0 Å². The second kappa shape index (κ2) is 7.90. The molecule has 1 aromatic rings. The van der Waals surface area contributed by atoms with E-state index < -0.39 is 15.7 Å². The number of benzene rings is 1. The zero-order valence-corrected chi connectivity index (χ0v) is 14.6. The molecule has 0 aliphatic carbocycles. The number of allylic oxidation sites excluding steroid dienone is 2. The van der Waals surface area contributed by atoms with Gasteiger partial charge in [0.1, 0.15) is 0 Å². The highest BCUT2D eigenvalue weighted by Crippen LogP contribution is 2.20. The predicted molar refractivity (Wildman–Crippen MR) is 88.2 cm³/mol. The van der Waals surface area contributed by atoms with Gasteiger partial charge < -0.3 is 5.11 Å². The summed E-state index contributed by atoms with van der Waals surface area (Å²) in [5, 5.41) is 10.2. The van der Waals surface area contributed by atoms with Crippen LogP contribution in [0.4, 0.5) is 0 Å². The Balaban J connectivity index is 2.51. The van der Waals surface area contributed by atoms with Gasteiger partial charge in [0.25, 0.3) is 10.1 Å². The Bertz CT molecular complexity index is 594. The molecule has 1 atom stereocenters. The molecule has 0 saturated heterocycles. The third-order valence-electron chi connectivity index (χ3n) is 3.42. The lowest BCUT2D eigenvalue weighted by molar-refractivity contribution is 0.0305. The van der Waals surface area contributed by atoms with Gasteiger partial charge in [0.05, 0.1) is 17.1 Å². The van der Waals surface area contributed by atoms with E-state index in [4.69, 9.17) is 4.18 Å². The average molecular weight is 326 g/mol. The SMILES string of the molecule is CC(C)=CCC[C@@](C)(O)CCOS(=O)(=O)c1ccc(C)cc1. The average Bonchev–Trinajstić information content (AvgIpc) is 2.37. The summed E-state index contributed by atoms with van der Waals surface area (Å²) in [4.78, 5) is 0.141. The fourth-order valence-corrected chi connectivity index (χ4v) is 2.85. The Morgan fingerprint density at radius 1 is 1.23 bits per heavy atom. The largest absolute Gasteiger partial charge is 0.390 e. The summed E-state index contributed by atoms with van der Waals surface area (Å²) >= 11 is 0. The Morgan fingerprint density at radius 2 is 1.82 bits per heavy atom. The Kier molecular flexibility index (Phi) is 6.78. The van der Waals surface area contributed by atoms with Crippen LogP contribution in [0.2, 0.25) is 0 Å². The molecule has 5 heteroatoms. The molecule has 0 saturated carbocycles. The first-order valence-electron chi connectivity index (χ1n) is 7.44. The van der Waals surface area contributed by atoms with Gasteiger partial charge in [-0.3, -0.25) is 4.18 Å². The molecular weight excluding hydrogens is 300 g/mol. The van der Waals surface area contributed by atoms with Gasteiger partial charge in [-0.15, -0.1) is 0 Å². The highest BCUT2D eigenvalue weighted by atomic mass is 32.2. The second-order valence-electron chi connectivity index (χ2n) is 6.16. The van der Waals surface area contributed by atoms with Crippen molar-refractivity contribution in [3.05, 3.63) is 41.5 Å². The van der Waals surface area contributed by atoms with Gasteiger partial charge in [-0.25, -0.2) is 0 Å². The van der Waals surface area contributed by atoms with Gasteiger partial charge >= 0.3 is 0 Å². The summed E-state index contributed by atoms with van der Waals surface area (Å²) in [5.41, 5.74) is 1.25. The van der Waals surface area contributed by atoms with Crippen LogP contribution in [0.5, 0.6) is 0 Å². The topological polar surface area (TPSA) is 63.6 Å². The maximum absolute atomic E-state index is 12.0. The van der Waals surface area contributed by atoms with E-state index in [-0.39, 0.29) is 17.9 Å². The van der Waals surface area contributed by atoms with Crippen LogP contribution in [0.25, 0.3) is 0 Å². The third kappa shape index (κ3) is 6.73. The van der Waals surface area contributed by atoms with Crippen LogP contribution in [0.1, 0.15) is 45.6 Å².